The SMILES string of the molecule is Cc1ccc(NC(=O)COC(=O)c2cc3cc(F)ccc3s2)cc1F. The van der Waals surface area contributed by atoms with Crippen LogP contribution in [0.4, 0.5) is 14.5 Å². The highest BCUT2D eigenvalue weighted by Gasteiger charge is 2.14. The van der Waals surface area contributed by atoms with Crippen LogP contribution in [0.25, 0.3) is 10.1 Å². The second-order valence-corrected chi connectivity index (χ2v) is 6.46. The Morgan fingerprint density at radius 2 is 1.92 bits per heavy atom. The molecule has 0 saturated heterocycles. The average molecular weight is 361 g/mol. The summed E-state index contributed by atoms with van der Waals surface area (Å²) in [5.74, 6) is -2.09. The number of hydrogen-bond acceptors (Lipinski definition) is 4. The fourth-order valence-electron chi connectivity index (χ4n) is 2.18. The molecule has 1 aromatic heterocycles. The highest BCUT2D eigenvalue weighted by atomic mass is 32.1. The first-order chi connectivity index (χ1) is 11.9. The molecule has 0 aliphatic rings. The number of carbonyl (C=O) groups excluding carboxylic acids is 2. The van der Waals surface area contributed by atoms with Crippen LogP contribution in [0.15, 0.2) is 42.5 Å². The van der Waals surface area contributed by atoms with Gasteiger partial charge in [0.25, 0.3) is 5.91 Å². The monoisotopic (exact) mass is 361 g/mol. The van der Waals surface area contributed by atoms with Gasteiger partial charge in [0.1, 0.15) is 16.5 Å². The lowest BCUT2D eigenvalue weighted by molar-refractivity contribution is -0.119. The lowest BCUT2D eigenvalue weighted by Gasteiger charge is -2.06. The third-order valence-electron chi connectivity index (χ3n) is 3.47. The molecule has 25 heavy (non-hydrogen) atoms. The standard InChI is InChI=1S/C18H13F2NO3S/c1-10-2-4-13(8-14(10)20)21-17(22)9-24-18(23)16-7-11-6-12(19)3-5-15(11)25-16/h2-8H,9H2,1H3,(H,21,22). The molecule has 0 bridgehead atoms. The van der Waals surface area contributed by atoms with Crippen molar-refractivity contribution in [1.82, 2.24) is 0 Å². The molecule has 0 spiro atoms. The zero-order valence-corrected chi connectivity index (χ0v) is 14.0. The van der Waals surface area contributed by atoms with E-state index in [0.29, 0.717) is 10.9 Å². The van der Waals surface area contributed by atoms with Gasteiger partial charge < -0.3 is 10.1 Å². The van der Waals surface area contributed by atoms with Gasteiger partial charge in [0.15, 0.2) is 6.61 Å². The number of ether oxygens (including phenoxy) is 1. The molecule has 0 unspecified atom stereocenters. The fraction of sp³-hybridized carbons (Fsp3) is 0.111. The Labute approximate surface area is 146 Å². The minimum Gasteiger partial charge on any atom is -0.451 e. The summed E-state index contributed by atoms with van der Waals surface area (Å²) < 4.78 is 32.3. The van der Waals surface area contributed by atoms with E-state index in [1.54, 1.807) is 19.1 Å². The Hall–Kier alpha value is -2.80. The summed E-state index contributed by atoms with van der Waals surface area (Å²) in [5.41, 5.74) is 0.743. The topological polar surface area (TPSA) is 55.4 Å². The lowest BCUT2D eigenvalue weighted by atomic mass is 10.2. The van der Waals surface area contributed by atoms with Crippen molar-refractivity contribution >= 4 is 39.0 Å². The van der Waals surface area contributed by atoms with Crippen LogP contribution in [0, 0.1) is 18.6 Å². The van der Waals surface area contributed by atoms with Crippen molar-refractivity contribution in [3.63, 3.8) is 0 Å². The number of carbonyl (C=O) groups is 2. The molecule has 3 aromatic rings. The summed E-state index contributed by atoms with van der Waals surface area (Å²) in [6.07, 6.45) is 0. The Morgan fingerprint density at radius 3 is 2.68 bits per heavy atom. The summed E-state index contributed by atoms with van der Waals surface area (Å²) in [4.78, 5) is 24.1. The molecule has 2 aromatic carbocycles. The second-order valence-electron chi connectivity index (χ2n) is 5.38. The van der Waals surface area contributed by atoms with Crippen molar-refractivity contribution in [2.24, 2.45) is 0 Å². The maximum Gasteiger partial charge on any atom is 0.348 e. The number of anilines is 1. The molecule has 0 saturated carbocycles. The Balaban J connectivity index is 1.60. The smallest absolute Gasteiger partial charge is 0.348 e. The molecule has 0 radical (unpaired) electrons. The normalized spacial score (nSPS) is 10.7. The summed E-state index contributed by atoms with van der Waals surface area (Å²) >= 11 is 1.15. The van der Waals surface area contributed by atoms with Crippen molar-refractivity contribution < 1.29 is 23.1 Å². The summed E-state index contributed by atoms with van der Waals surface area (Å²) in [6.45, 7) is 1.11. The van der Waals surface area contributed by atoms with Gasteiger partial charge in [-0.05, 0) is 54.3 Å². The van der Waals surface area contributed by atoms with Crippen LogP contribution in [0.3, 0.4) is 0 Å². The molecule has 0 aliphatic carbocycles. The second kappa shape index (κ2) is 6.98. The molecular weight excluding hydrogens is 348 g/mol. The summed E-state index contributed by atoms with van der Waals surface area (Å²) in [7, 11) is 0. The molecular formula is C18H13F2NO3S. The number of hydrogen-bond donors (Lipinski definition) is 1. The van der Waals surface area contributed by atoms with Gasteiger partial charge in [0, 0.05) is 10.4 Å². The first-order valence-electron chi connectivity index (χ1n) is 7.34. The molecule has 0 fully saturated rings. The average Bonchev–Trinajstić information content (AvgIpc) is 2.99. The van der Waals surface area contributed by atoms with E-state index in [0.717, 1.165) is 16.0 Å². The zero-order valence-electron chi connectivity index (χ0n) is 13.1. The predicted molar refractivity (Wildman–Crippen MR) is 91.8 cm³/mol. The molecule has 0 aliphatic heterocycles. The molecule has 1 N–H and O–H groups in total. The van der Waals surface area contributed by atoms with E-state index in [-0.39, 0.29) is 10.6 Å². The van der Waals surface area contributed by atoms with E-state index in [1.807, 2.05) is 0 Å². The van der Waals surface area contributed by atoms with Gasteiger partial charge >= 0.3 is 5.97 Å². The number of esters is 1. The van der Waals surface area contributed by atoms with Gasteiger partial charge in [0.2, 0.25) is 0 Å². The van der Waals surface area contributed by atoms with Crippen LogP contribution in [0.5, 0.6) is 0 Å². The third kappa shape index (κ3) is 4.00. The van der Waals surface area contributed by atoms with Crippen LogP contribution < -0.4 is 5.32 Å². The lowest BCUT2D eigenvalue weighted by Crippen LogP contribution is -2.20. The van der Waals surface area contributed by atoms with Gasteiger partial charge in [0.05, 0.1) is 0 Å². The quantitative estimate of drug-likeness (QED) is 0.706. The van der Waals surface area contributed by atoms with Crippen LogP contribution in [-0.4, -0.2) is 18.5 Å². The van der Waals surface area contributed by atoms with Crippen molar-refractivity contribution in [2.75, 3.05) is 11.9 Å². The Kier molecular flexibility index (Phi) is 4.76. The highest BCUT2D eigenvalue weighted by Crippen LogP contribution is 2.26. The number of amides is 1. The first-order valence-corrected chi connectivity index (χ1v) is 8.16. The van der Waals surface area contributed by atoms with Crippen molar-refractivity contribution in [3.05, 3.63) is 64.5 Å². The highest BCUT2D eigenvalue weighted by molar-refractivity contribution is 7.20. The maximum absolute atomic E-state index is 13.4. The maximum atomic E-state index is 13.4. The predicted octanol–water partition coefficient (Wildman–Crippen LogP) is 4.28. The van der Waals surface area contributed by atoms with E-state index >= 15 is 0 Å². The Morgan fingerprint density at radius 1 is 1.12 bits per heavy atom. The van der Waals surface area contributed by atoms with Crippen LogP contribution in [0.1, 0.15) is 15.2 Å². The number of benzene rings is 2. The number of halogens is 2. The van der Waals surface area contributed by atoms with Gasteiger partial charge in [-0.2, -0.15) is 0 Å². The van der Waals surface area contributed by atoms with Gasteiger partial charge in [-0.3, -0.25) is 4.79 Å². The Bertz CT molecular complexity index is 968. The zero-order chi connectivity index (χ0) is 18.0. The largest absolute Gasteiger partial charge is 0.451 e. The fourth-order valence-corrected chi connectivity index (χ4v) is 3.12. The molecule has 1 amide bonds. The van der Waals surface area contributed by atoms with Crippen molar-refractivity contribution in [3.8, 4) is 0 Å². The molecule has 128 valence electrons. The summed E-state index contributed by atoms with van der Waals surface area (Å²) in [5, 5.41) is 3.04. The van der Waals surface area contributed by atoms with Gasteiger partial charge in [-0.25, -0.2) is 13.6 Å². The first kappa shape index (κ1) is 17.0. The van der Waals surface area contributed by atoms with Crippen molar-refractivity contribution in [1.29, 1.82) is 0 Å². The minimum absolute atomic E-state index is 0.273. The number of rotatable bonds is 4. The summed E-state index contributed by atoms with van der Waals surface area (Å²) in [6, 6.07) is 9.99. The van der Waals surface area contributed by atoms with E-state index in [4.69, 9.17) is 4.74 Å². The number of nitrogens with one attached hydrogen (secondary N) is 1. The van der Waals surface area contributed by atoms with E-state index in [2.05, 4.69) is 5.32 Å². The van der Waals surface area contributed by atoms with Gasteiger partial charge in [-0.15, -0.1) is 11.3 Å². The molecule has 7 heteroatoms. The van der Waals surface area contributed by atoms with Crippen LogP contribution in [0.2, 0.25) is 0 Å². The molecule has 0 atom stereocenters. The number of thiophene rings is 1. The minimum atomic E-state index is -0.674. The van der Waals surface area contributed by atoms with Crippen LogP contribution >= 0.6 is 11.3 Å². The molecule has 1 heterocycles. The molecule has 4 nitrogen and oxygen atoms in total. The molecule has 3 rings (SSSR count). The third-order valence-corrected chi connectivity index (χ3v) is 4.57. The van der Waals surface area contributed by atoms with E-state index in [9.17, 15) is 18.4 Å². The van der Waals surface area contributed by atoms with Crippen molar-refractivity contribution in [2.45, 2.75) is 6.92 Å². The van der Waals surface area contributed by atoms with E-state index < -0.39 is 30.1 Å². The van der Waals surface area contributed by atoms with Gasteiger partial charge in [-0.1, -0.05) is 6.07 Å². The van der Waals surface area contributed by atoms with E-state index in [1.165, 1.54) is 30.3 Å². The van der Waals surface area contributed by atoms with Crippen LogP contribution in [-0.2, 0) is 9.53 Å². The number of aryl methyl sites for hydroxylation is 1. The number of fused-ring (bicyclic) bond motifs is 1.